The fourth-order valence-corrected chi connectivity index (χ4v) is 6.67. The molecule has 3 aromatic heterocycles. The second-order valence-electron chi connectivity index (χ2n) is 12.4. The number of hydrogen-bond acceptors (Lipinski definition) is 10. The highest BCUT2D eigenvalue weighted by Gasteiger charge is 2.49. The van der Waals surface area contributed by atoms with E-state index in [0.717, 1.165) is 34.3 Å². The van der Waals surface area contributed by atoms with Gasteiger partial charge in [-0.25, -0.2) is 18.6 Å². The average molecular weight is 655 g/mol. The molecular weight excluding hydrogens is 618 g/mol. The molecule has 4 N–H and O–H groups in total. The van der Waals surface area contributed by atoms with Gasteiger partial charge in [-0.05, 0) is 55.7 Å². The second-order valence-corrected chi connectivity index (χ2v) is 12.4. The van der Waals surface area contributed by atoms with Crippen LogP contribution in [0.4, 0.5) is 8.78 Å². The molecule has 2 fully saturated rings. The summed E-state index contributed by atoms with van der Waals surface area (Å²) in [6.45, 7) is 7.31. The van der Waals surface area contributed by atoms with Crippen molar-refractivity contribution in [2.45, 2.75) is 82.1 Å². The van der Waals surface area contributed by atoms with E-state index in [9.17, 15) is 33.7 Å². The summed E-state index contributed by atoms with van der Waals surface area (Å²) in [5.74, 6) is -4.26. The van der Waals surface area contributed by atoms with Crippen molar-refractivity contribution in [1.29, 1.82) is 0 Å². The van der Waals surface area contributed by atoms with E-state index in [0.29, 0.717) is 42.5 Å². The zero-order chi connectivity index (χ0) is 33.6. The summed E-state index contributed by atoms with van der Waals surface area (Å²) in [7, 11) is 0. The molecule has 0 bridgehead atoms. The van der Waals surface area contributed by atoms with Gasteiger partial charge in [-0.3, -0.25) is 9.89 Å². The fraction of sp³-hybridized carbons (Fsp3) is 0.455. The van der Waals surface area contributed by atoms with E-state index in [4.69, 9.17) is 19.2 Å². The molecule has 4 aromatic rings. The van der Waals surface area contributed by atoms with Crippen molar-refractivity contribution in [2.24, 2.45) is 5.92 Å². The predicted molar refractivity (Wildman–Crippen MR) is 163 cm³/mol. The van der Waals surface area contributed by atoms with Crippen LogP contribution in [0, 0.1) is 17.6 Å². The number of aromatic amines is 1. The second kappa shape index (κ2) is 13.1. The Morgan fingerprint density at radius 3 is 2.51 bits per heavy atom. The number of nitrogens with one attached hydrogen (secondary N) is 1. The van der Waals surface area contributed by atoms with Gasteiger partial charge in [0.05, 0.1) is 23.1 Å². The van der Waals surface area contributed by atoms with Crippen molar-refractivity contribution in [3.05, 3.63) is 66.0 Å². The van der Waals surface area contributed by atoms with E-state index in [2.05, 4.69) is 16.8 Å². The van der Waals surface area contributed by atoms with Crippen molar-refractivity contribution in [3.63, 3.8) is 0 Å². The van der Waals surface area contributed by atoms with Crippen LogP contribution in [0.25, 0.3) is 27.8 Å². The Kier molecular flexibility index (Phi) is 9.12. The van der Waals surface area contributed by atoms with Crippen LogP contribution in [0.5, 0.6) is 0 Å². The molecule has 0 amide bonds. The maximum absolute atomic E-state index is 14.5. The molecule has 14 heteroatoms. The van der Waals surface area contributed by atoms with Crippen molar-refractivity contribution in [1.82, 2.24) is 19.7 Å². The van der Waals surface area contributed by atoms with Crippen LogP contribution in [0.15, 0.2) is 43.1 Å². The summed E-state index contributed by atoms with van der Waals surface area (Å²) in [5.41, 5.74) is 4.30. The van der Waals surface area contributed by atoms with Gasteiger partial charge in [0.2, 0.25) is 6.29 Å². The van der Waals surface area contributed by atoms with Gasteiger partial charge in [0.15, 0.2) is 23.4 Å². The van der Waals surface area contributed by atoms with Gasteiger partial charge in [0, 0.05) is 28.4 Å². The van der Waals surface area contributed by atoms with Crippen molar-refractivity contribution >= 4 is 34.0 Å². The number of halogens is 2. The quantitative estimate of drug-likeness (QED) is 0.163. The number of H-pyrrole nitrogens is 1. The number of aromatic nitrogens is 4. The first-order valence-electron chi connectivity index (χ1n) is 15.5. The van der Waals surface area contributed by atoms with Crippen LogP contribution in [0.2, 0.25) is 0 Å². The fourth-order valence-electron chi connectivity index (χ4n) is 6.67. The molecule has 1 saturated heterocycles. The van der Waals surface area contributed by atoms with Crippen molar-refractivity contribution in [2.75, 3.05) is 6.61 Å². The topological polar surface area (TPSA) is 169 Å². The number of esters is 2. The predicted octanol–water partition coefficient (Wildman–Crippen LogP) is 3.66. The molecule has 47 heavy (non-hydrogen) atoms. The average Bonchev–Trinajstić information content (AvgIpc) is 3.66. The van der Waals surface area contributed by atoms with Gasteiger partial charge in [-0.15, -0.1) is 0 Å². The summed E-state index contributed by atoms with van der Waals surface area (Å²) in [5, 5.41) is 38.8. The third-order valence-corrected chi connectivity index (χ3v) is 8.97. The van der Waals surface area contributed by atoms with Gasteiger partial charge in [-0.1, -0.05) is 26.5 Å². The van der Waals surface area contributed by atoms with Crippen LogP contribution in [0.3, 0.4) is 0 Å². The maximum atomic E-state index is 14.5. The maximum Gasteiger partial charge on any atom is 0.338 e. The monoisotopic (exact) mass is 654 g/mol. The molecule has 0 radical (unpaired) electrons. The number of benzene rings is 1. The third kappa shape index (κ3) is 6.02. The Hall–Kier alpha value is -4.24. The molecule has 0 unspecified atom stereocenters. The number of carbonyl (C=O) groups excluding carboxylic acids is 2. The summed E-state index contributed by atoms with van der Waals surface area (Å²) >= 11 is 0. The molecule has 1 aliphatic carbocycles. The van der Waals surface area contributed by atoms with Crippen LogP contribution < -0.4 is 0 Å². The lowest BCUT2D eigenvalue weighted by Crippen LogP contribution is -2.61. The third-order valence-electron chi connectivity index (χ3n) is 8.97. The van der Waals surface area contributed by atoms with Gasteiger partial charge in [0.25, 0.3) is 0 Å². The Labute approximate surface area is 267 Å². The SMILES string of the molecule is C=CCOC(=O)[C@H]1O[C@@H](OC(=O)[C@H]2CC[C@H](c3c(C(C)C)n(-c4ccc(F)c(F)c4)c4cc5cn[nH]c5nc43)CC2)[C@H](O)[C@@H](O)[C@@H]1O. The number of ether oxygens (including phenoxy) is 3. The molecule has 4 heterocycles. The number of rotatable bonds is 8. The number of aliphatic hydroxyl groups is 3. The van der Waals surface area contributed by atoms with Gasteiger partial charge >= 0.3 is 11.9 Å². The molecule has 1 aliphatic heterocycles. The first-order valence-corrected chi connectivity index (χ1v) is 15.5. The van der Waals surface area contributed by atoms with E-state index in [-0.39, 0.29) is 18.4 Å². The molecule has 5 atom stereocenters. The van der Waals surface area contributed by atoms with Gasteiger partial charge < -0.3 is 34.1 Å². The normalized spacial score (nSPS) is 26.5. The van der Waals surface area contributed by atoms with Gasteiger partial charge in [0.1, 0.15) is 24.9 Å². The Morgan fingerprint density at radius 2 is 1.83 bits per heavy atom. The van der Waals surface area contributed by atoms with Crippen LogP contribution in [0.1, 0.15) is 62.6 Å². The molecule has 250 valence electrons. The largest absolute Gasteiger partial charge is 0.459 e. The summed E-state index contributed by atoms with van der Waals surface area (Å²) in [4.78, 5) is 30.5. The van der Waals surface area contributed by atoms with Crippen LogP contribution >= 0.6 is 0 Å². The Bertz CT molecular complexity index is 1820. The Morgan fingerprint density at radius 1 is 1.09 bits per heavy atom. The lowest BCUT2D eigenvalue weighted by Gasteiger charge is -2.39. The zero-order valence-electron chi connectivity index (χ0n) is 25.8. The van der Waals surface area contributed by atoms with E-state index in [1.165, 1.54) is 12.1 Å². The first kappa shape index (κ1) is 32.7. The molecule has 6 rings (SSSR count). The van der Waals surface area contributed by atoms with E-state index < -0.39 is 60.2 Å². The highest BCUT2D eigenvalue weighted by atomic mass is 19.2. The van der Waals surface area contributed by atoms with Crippen LogP contribution in [-0.4, -0.2) is 84.3 Å². The minimum atomic E-state index is -1.83. The van der Waals surface area contributed by atoms with Crippen LogP contribution in [-0.2, 0) is 23.8 Å². The minimum Gasteiger partial charge on any atom is -0.459 e. The molecule has 2 aliphatic rings. The minimum absolute atomic E-state index is 0.0377. The zero-order valence-corrected chi connectivity index (χ0v) is 25.8. The number of pyridine rings is 1. The molecule has 1 aromatic carbocycles. The standard InChI is InChI=1S/C33H36F2N4O8/c1-4-11-45-32(44)29-27(41)26(40)28(42)33(46-29)47-31(43)17-7-5-16(6-8-17)23-24-22(12-18-14-36-38-30(18)37-24)39(25(23)15(2)3)19-9-10-20(34)21(35)13-19/h4,9-10,12-17,26-29,33,40-42H,1,5-8,11H2,2-3H3,(H,36,37,38)/t16-,17-,26-,27-,28+,29-,33-/m0/s1. The lowest BCUT2D eigenvalue weighted by atomic mass is 9.77. The summed E-state index contributed by atoms with van der Waals surface area (Å²) in [6.07, 6.45) is -3.92. The number of nitrogens with zero attached hydrogens (tertiary/aromatic N) is 3. The number of fused-ring (bicyclic) bond motifs is 2. The highest BCUT2D eigenvalue weighted by molar-refractivity contribution is 5.93. The highest BCUT2D eigenvalue weighted by Crippen LogP contribution is 2.45. The molecule has 1 saturated carbocycles. The number of carbonyl (C=O) groups is 2. The van der Waals surface area contributed by atoms with Gasteiger partial charge in [-0.2, -0.15) is 5.10 Å². The summed E-state index contributed by atoms with van der Waals surface area (Å²) < 4.78 is 46.1. The van der Waals surface area contributed by atoms with Crippen molar-refractivity contribution in [3.8, 4) is 5.69 Å². The van der Waals surface area contributed by atoms with E-state index >= 15 is 0 Å². The summed E-state index contributed by atoms with van der Waals surface area (Å²) in [6, 6.07) is 5.71. The van der Waals surface area contributed by atoms with E-state index in [1.807, 2.05) is 24.5 Å². The van der Waals surface area contributed by atoms with Crippen molar-refractivity contribution < 1.29 is 47.9 Å². The smallest absolute Gasteiger partial charge is 0.338 e. The molecule has 0 spiro atoms. The van der Waals surface area contributed by atoms with E-state index in [1.54, 1.807) is 6.20 Å². The number of hydrogen-bond donors (Lipinski definition) is 4. The Balaban J connectivity index is 1.25. The molecule has 12 nitrogen and oxygen atoms in total. The first-order chi connectivity index (χ1) is 22.5. The number of aliphatic hydroxyl groups excluding tert-OH is 3. The molecular formula is C33H36F2N4O8. The lowest BCUT2D eigenvalue weighted by molar-refractivity contribution is -0.288.